The molecule has 0 saturated carbocycles. The van der Waals surface area contributed by atoms with Crippen LogP contribution in [0.1, 0.15) is 5.82 Å². The lowest BCUT2D eigenvalue weighted by atomic mass is 10.1. The molecule has 190 valence electrons. The van der Waals surface area contributed by atoms with Crippen LogP contribution in [0.2, 0.25) is 0 Å². The fourth-order valence-corrected chi connectivity index (χ4v) is 3.23. The molecule has 0 fully saturated rings. The lowest BCUT2D eigenvalue weighted by Crippen LogP contribution is -2.21. The number of aromatic nitrogens is 7. The van der Waals surface area contributed by atoms with E-state index in [0.29, 0.717) is 5.82 Å². The van der Waals surface area contributed by atoms with Gasteiger partial charge in [0.25, 0.3) is 0 Å². The molecular weight excluding hydrogens is 493 g/mol. The van der Waals surface area contributed by atoms with Gasteiger partial charge in [-0.05, 0) is 49.4 Å². The highest BCUT2D eigenvalue weighted by molar-refractivity contribution is 5.79. The van der Waals surface area contributed by atoms with Gasteiger partial charge in [0.15, 0.2) is 0 Å². The van der Waals surface area contributed by atoms with Gasteiger partial charge in [-0.2, -0.15) is 23.4 Å². The Kier molecular flexibility index (Phi) is 6.99. The van der Waals surface area contributed by atoms with Crippen molar-refractivity contribution < 1.29 is 27.6 Å². The second-order valence-electron chi connectivity index (χ2n) is 7.56. The van der Waals surface area contributed by atoms with E-state index in [1.165, 1.54) is 0 Å². The van der Waals surface area contributed by atoms with Crippen molar-refractivity contribution in [2.24, 2.45) is 7.05 Å². The highest BCUT2D eigenvalue weighted by Gasteiger charge is 2.38. The number of rotatable bonds is 5. The van der Waals surface area contributed by atoms with Gasteiger partial charge in [0, 0.05) is 30.7 Å². The number of carbonyl (C=O) groups is 1. The molecule has 0 saturated heterocycles. The van der Waals surface area contributed by atoms with Crippen molar-refractivity contribution in [2.45, 2.75) is 13.1 Å². The number of aliphatic carboxylic acids is 1. The quantitative estimate of drug-likeness (QED) is 0.351. The van der Waals surface area contributed by atoms with E-state index in [9.17, 15) is 13.2 Å². The molecule has 5 rings (SSSR count). The van der Waals surface area contributed by atoms with E-state index in [2.05, 4.69) is 30.6 Å². The molecule has 0 aliphatic heterocycles. The van der Waals surface area contributed by atoms with Crippen LogP contribution in [0.25, 0.3) is 28.2 Å². The standard InChI is InChI=1S/C21H18N8O.C2HF3O2/c1-14-23-13-29(26-14)17-5-3-16(4-6-17)25-20-11-15(7-9-22-20)21-18(12-30-27-21)19-8-10-24-28(19)2;3-2(4,5)1(6)7/h3-13H,1-2H3,(H,22,25);(H,6,7). The van der Waals surface area contributed by atoms with Crippen LogP contribution < -0.4 is 5.32 Å². The van der Waals surface area contributed by atoms with Crippen molar-refractivity contribution in [2.75, 3.05) is 5.32 Å². The highest BCUT2D eigenvalue weighted by atomic mass is 19.4. The number of hydrogen-bond donors (Lipinski definition) is 2. The van der Waals surface area contributed by atoms with Gasteiger partial charge in [-0.3, -0.25) is 4.68 Å². The van der Waals surface area contributed by atoms with Gasteiger partial charge in [0.05, 0.1) is 16.9 Å². The normalized spacial score (nSPS) is 11.1. The molecule has 0 amide bonds. The van der Waals surface area contributed by atoms with Crippen LogP contribution in [-0.2, 0) is 11.8 Å². The topological polar surface area (TPSA) is 137 Å². The third-order valence-corrected chi connectivity index (χ3v) is 4.95. The maximum absolute atomic E-state index is 10.6. The van der Waals surface area contributed by atoms with Crippen molar-refractivity contribution in [1.29, 1.82) is 0 Å². The molecular formula is C23H19F3N8O3. The number of alkyl halides is 3. The average molecular weight is 512 g/mol. The summed E-state index contributed by atoms with van der Waals surface area (Å²) in [5.74, 6) is -1.32. The lowest BCUT2D eigenvalue weighted by molar-refractivity contribution is -0.192. The molecule has 0 radical (unpaired) electrons. The van der Waals surface area contributed by atoms with Crippen molar-refractivity contribution in [3.63, 3.8) is 0 Å². The smallest absolute Gasteiger partial charge is 0.475 e. The second-order valence-corrected chi connectivity index (χ2v) is 7.56. The SMILES string of the molecule is Cc1ncn(-c2ccc(Nc3cc(-c4nocc4-c4ccnn4C)ccn3)cc2)n1.O=C(O)C(F)(F)F. The molecule has 0 aliphatic carbocycles. The summed E-state index contributed by atoms with van der Waals surface area (Å²) in [6.07, 6.45) is 1.73. The zero-order valence-electron chi connectivity index (χ0n) is 19.4. The van der Waals surface area contributed by atoms with Gasteiger partial charge in [0.1, 0.15) is 29.9 Å². The van der Waals surface area contributed by atoms with Crippen LogP contribution in [0.3, 0.4) is 0 Å². The Labute approximate surface area is 207 Å². The Balaban J connectivity index is 0.000000405. The first-order chi connectivity index (χ1) is 17.6. The minimum absolute atomic E-state index is 0.704. The number of benzene rings is 1. The third-order valence-electron chi connectivity index (χ3n) is 4.95. The predicted molar refractivity (Wildman–Crippen MR) is 125 cm³/mol. The average Bonchev–Trinajstić information content (AvgIpc) is 3.60. The van der Waals surface area contributed by atoms with Crippen LogP contribution in [0, 0.1) is 6.92 Å². The van der Waals surface area contributed by atoms with Crippen LogP contribution in [-0.4, -0.2) is 51.9 Å². The largest absolute Gasteiger partial charge is 0.490 e. The molecule has 4 heterocycles. The molecule has 11 nitrogen and oxygen atoms in total. The first-order valence-electron chi connectivity index (χ1n) is 10.6. The maximum atomic E-state index is 10.6. The van der Waals surface area contributed by atoms with Gasteiger partial charge < -0.3 is 14.9 Å². The number of carboxylic acids is 1. The molecule has 0 bridgehead atoms. The Morgan fingerprint density at radius 3 is 2.41 bits per heavy atom. The number of carboxylic acid groups (broad SMARTS) is 1. The van der Waals surface area contributed by atoms with Gasteiger partial charge in [-0.15, -0.1) is 0 Å². The van der Waals surface area contributed by atoms with Crippen molar-refractivity contribution in [1.82, 2.24) is 34.7 Å². The Morgan fingerprint density at radius 1 is 1.08 bits per heavy atom. The molecule has 0 unspecified atom stereocenters. The summed E-state index contributed by atoms with van der Waals surface area (Å²) < 4.78 is 40.5. The zero-order valence-corrected chi connectivity index (χ0v) is 19.4. The Hall–Kier alpha value is -5.01. The summed E-state index contributed by atoms with van der Waals surface area (Å²) in [6.45, 7) is 1.86. The van der Waals surface area contributed by atoms with Crippen molar-refractivity contribution >= 4 is 17.5 Å². The summed E-state index contributed by atoms with van der Waals surface area (Å²) in [5, 5.41) is 23.2. The Bertz CT molecular complexity index is 1510. The maximum Gasteiger partial charge on any atom is 0.490 e. The van der Waals surface area contributed by atoms with Crippen molar-refractivity contribution in [3.05, 3.63) is 73.3 Å². The van der Waals surface area contributed by atoms with Gasteiger partial charge in [-0.1, -0.05) is 5.16 Å². The highest BCUT2D eigenvalue weighted by Crippen LogP contribution is 2.31. The number of nitrogens with zero attached hydrogens (tertiary/aromatic N) is 7. The summed E-state index contributed by atoms with van der Waals surface area (Å²) in [5.41, 5.74) is 5.28. The molecule has 14 heteroatoms. The van der Waals surface area contributed by atoms with E-state index in [1.54, 1.807) is 34.3 Å². The fourth-order valence-electron chi connectivity index (χ4n) is 3.23. The molecule has 2 N–H and O–H groups in total. The minimum Gasteiger partial charge on any atom is -0.475 e. The lowest BCUT2D eigenvalue weighted by Gasteiger charge is -2.08. The molecule has 0 aliphatic rings. The van der Waals surface area contributed by atoms with Crippen LogP contribution in [0.4, 0.5) is 24.7 Å². The molecule has 37 heavy (non-hydrogen) atoms. The number of pyridine rings is 1. The fraction of sp³-hybridized carbons (Fsp3) is 0.130. The van der Waals surface area contributed by atoms with Crippen LogP contribution in [0.5, 0.6) is 0 Å². The predicted octanol–water partition coefficient (Wildman–Crippen LogP) is 4.40. The Morgan fingerprint density at radius 2 is 1.81 bits per heavy atom. The van der Waals surface area contributed by atoms with E-state index in [-0.39, 0.29) is 0 Å². The first-order valence-corrected chi connectivity index (χ1v) is 10.6. The molecule has 4 aromatic heterocycles. The monoisotopic (exact) mass is 512 g/mol. The number of aryl methyl sites for hydroxylation is 2. The number of anilines is 2. The second kappa shape index (κ2) is 10.3. The van der Waals surface area contributed by atoms with Gasteiger partial charge in [0.2, 0.25) is 0 Å². The zero-order chi connectivity index (χ0) is 26.6. The minimum atomic E-state index is -5.08. The number of hydrogen-bond acceptors (Lipinski definition) is 8. The van der Waals surface area contributed by atoms with E-state index >= 15 is 0 Å². The molecule has 0 spiro atoms. The summed E-state index contributed by atoms with van der Waals surface area (Å²) in [6, 6.07) is 13.6. The summed E-state index contributed by atoms with van der Waals surface area (Å²) >= 11 is 0. The van der Waals surface area contributed by atoms with Crippen LogP contribution in [0.15, 0.2) is 72.0 Å². The van der Waals surface area contributed by atoms with Crippen LogP contribution >= 0.6 is 0 Å². The van der Waals surface area contributed by atoms with Gasteiger partial charge in [-0.25, -0.2) is 19.4 Å². The third kappa shape index (κ3) is 5.98. The van der Waals surface area contributed by atoms with E-state index < -0.39 is 12.1 Å². The van der Waals surface area contributed by atoms with Gasteiger partial charge >= 0.3 is 12.1 Å². The van der Waals surface area contributed by atoms with E-state index in [4.69, 9.17) is 14.4 Å². The summed E-state index contributed by atoms with van der Waals surface area (Å²) in [4.78, 5) is 17.5. The van der Waals surface area contributed by atoms with Crippen molar-refractivity contribution in [3.8, 4) is 28.2 Å². The molecule has 1 aromatic carbocycles. The van der Waals surface area contributed by atoms with E-state index in [0.717, 1.165) is 39.7 Å². The summed E-state index contributed by atoms with van der Waals surface area (Å²) in [7, 11) is 1.88. The molecule has 0 atom stereocenters. The number of halogens is 3. The van der Waals surface area contributed by atoms with E-state index in [1.807, 2.05) is 56.4 Å². The first kappa shape index (κ1) is 25.1. The molecule has 5 aromatic rings. The number of nitrogens with one attached hydrogen (secondary N) is 1.